The minimum atomic E-state index is 0.291. The molecule has 0 saturated carbocycles. The Balaban J connectivity index is 1.67. The summed E-state index contributed by atoms with van der Waals surface area (Å²) in [6.45, 7) is 11.1. The van der Waals surface area contributed by atoms with Crippen molar-refractivity contribution < 1.29 is 4.74 Å². The highest BCUT2D eigenvalue weighted by atomic mass is 16.5. The molecule has 0 aromatic heterocycles. The Labute approximate surface area is 128 Å². The van der Waals surface area contributed by atoms with Crippen LogP contribution in [0.3, 0.4) is 0 Å². The van der Waals surface area contributed by atoms with Gasteiger partial charge in [0.15, 0.2) is 0 Å². The molecule has 1 N–H and O–H groups in total. The average molecular weight is 288 g/mol. The summed E-state index contributed by atoms with van der Waals surface area (Å²) in [4.78, 5) is 2.55. The number of nitrogens with one attached hydrogen (secondary N) is 1. The van der Waals surface area contributed by atoms with Crippen LogP contribution < -0.4 is 10.1 Å². The molecular formula is C18H28N2O. The molecule has 2 aliphatic rings. The van der Waals surface area contributed by atoms with Crippen molar-refractivity contribution in [2.75, 3.05) is 32.8 Å². The van der Waals surface area contributed by atoms with Gasteiger partial charge in [-0.1, -0.05) is 26.0 Å². The number of rotatable bonds is 4. The normalized spacial score (nSPS) is 26.4. The zero-order valence-electron chi connectivity index (χ0n) is 13.5. The quantitative estimate of drug-likeness (QED) is 0.922. The first-order chi connectivity index (χ1) is 10.2. The zero-order valence-corrected chi connectivity index (χ0v) is 13.5. The molecule has 3 heteroatoms. The van der Waals surface area contributed by atoms with Crippen molar-refractivity contribution in [1.29, 1.82) is 0 Å². The summed E-state index contributed by atoms with van der Waals surface area (Å²) in [6.07, 6.45) is 3.69. The molecule has 2 heterocycles. The summed E-state index contributed by atoms with van der Waals surface area (Å²) in [5, 5.41) is 3.46. The molecular weight excluding hydrogens is 260 g/mol. The Kier molecular flexibility index (Phi) is 4.51. The van der Waals surface area contributed by atoms with E-state index in [1.165, 1.54) is 30.5 Å². The molecule has 1 saturated heterocycles. The lowest BCUT2D eigenvalue weighted by Gasteiger charge is -2.40. The lowest BCUT2D eigenvalue weighted by molar-refractivity contribution is 0.0588. The third-order valence-electron chi connectivity index (χ3n) is 4.99. The van der Waals surface area contributed by atoms with Crippen LogP contribution in [0.2, 0.25) is 0 Å². The fourth-order valence-corrected chi connectivity index (χ4v) is 3.68. The molecule has 3 rings (SSSR count). The Morgan fingerprint density at radius 3 is 3.14 bits per heavy atom. The molecule has 0 spiro atoms. The number of nitrogens with zero attached hydrogens (tertiary/aromatic N) is 1. The molecule has 116 valence electrons. The van der Waals surface area contributed by atoms with Crippen LogP contribution in [0, 0.1) is 5.41 Å². The first kappa shape index (κ1) is 14.9. The summed E-state index contributed by atoms with van der Waals surface area (Å²) in [6, 6.07) is 6.51. The number of hydrogen-bond acceptors (Lipinski definition) is 3. The minimum absolute atomic E-state index is 0.291. The standard InChI is InChI=1S/C18H28N2O/c1-3-20-11-5-9-18(2,13-20)14-21-17-7-4-6-15-8-10-19-12-16(15)17/h4,6-7,19H,3,5,8-14H2,1-2H3. The number of hydrogen-bond donors (Lipinski definition) is 1. The lowest BCUT2D eigenvalue weighted by atomic mass is 9.82. The first-order valence-electron chi connectivity index (χ1n) is 8.37. The van der Waals surface area contributed by atoms with Crippen molar-refractivity contribution >= 4 is 0 Å². The number of benzene rings is 1. The second-order valence-corrected chi connectivity index (χ2v) is 6.89. The molecule has 0 amide bonds. The predicted octanol–water partition coefficient (Wildman–Crippen LogP) is 2.83. The predicted molar refractivity (Wildman–Crippen MR) is 86.8 cm³/mol. The van der Waals surface area contributed by atoms with Gasteiger partial charge in [-0.05, 0) is 50.5 Å². The number of ether oxygens (including phenoxy) is 1. The maximum Gasteiger partial charge on any atom is 0.124 e. The highest BCUT2D eigenvalue weighted by Gasteiger charge is 2.31. The van der Waals surface area contributed by atoms with Gasteiger partial charge in [-0.2, -0.15) is 0 Å². The van der Waals surface area contributed by atoms with Crippen LogP contribution in [-0.4, -0.2) is 37.7 Å². The van der Waals surface area contributed by atoms with Crippen LogP contribution >= 0.6 is 0 Å². The molecule has 1 atom stereocenters. The molecule has 0 radical (unpaired) electrons. The van der Waals surface area contributed by atoms with Crippen LogP contribution in [0.25, 0.3) is 0 Å². The Hall–Kier alpha value is -1.06. The molecule has 1 aromatic carbocycles. The topological polar surface area (TPSA) is 24.5 Å². The summed E-state index contributed by atoms with van der Waals surface area (Å²) >= 11 is 0. The van der Waals surface area contributed by atoms with Crippen molar-refractivity contribution in [1.82, 2.24) is 10.2 Å². The van der Waals surface area contributed by atoms with E-state index in [4.69, 9.17) is 4.74 Å². The van der Waals surface area contributed by atoms with E-state index in [1.54, 1.807) is 0 Å². The van der Waals surface area contributed by atoms with E-state index < -0.39 is 0 Å². The summed E-state index contributed by atoms with van der Waals surface area (Å²) in [5.74, 6) is 1.09. The highest BCUT2D eigenvalue weighted by molar-refractivity contribution is 5.41. The Morgan fingerprint density at radius 2 is 2.29 bits per heavy atom. The molecule has 2 aliphatic heterocycles. The monoisotopic (exact) mass is 288 g/mol. The fraction of sp³-hybridized carbons (Fsp3) is 0.667. The van der Waals surface area contributed by atoms with Gasteiger partial charge in [0.05, 0.1) is 6.61 Å². The molecule has 1 aromatic rings. The van der Waals surface area contributed by atoms with Gasteiger partial charge in [0.1, 0.15) is 5.75 Å². The Bertz CT molecular complexity index is 488. The van der Waals surface area contributed by atoms with Crippen LogP contribution in [0.5, 0.6) is 5.75 Å². The van der Waals surface area contributed by atoms with E-state index in [9.17, 15) is 0 Å². The highest BCUT2D eigenvalue weighted by Crippen LogP contribution is 2.32. The van der Waals surface area contributed by atoms with E-state index >= 15 is 0 Å². The van der Waals surface area contributed by atoms with Gasteiger partial charge in [0.25, 0.3) is 0 Å². The third-order valence-corrected chi connectivity index (χ3v) is 4.99. The van der Waals surface area contributed by atoms with E-state index in [-0.39, 0.29) is 0 Å². The number of likely N-dealkylation sites (tertiary alicyclic amines) is 1. The SMILES string of the molecule is CCN1CCCC(C)(COc2cccc3c2CNCC3)C1. The molecule has 3 nitrogen and oxygen atoms in total. The average Bonchev–Trinajstić information content (AvgIpc) is 2.53. The second kappa shape index (κ2) is 6.37. The van der Waals surface area contributed by atoms with Gasteiger partial charge < -0.3 is 15.0 Å². The Morgan fingerprint density at radius 1 is 1.38 bits per heavy atom. The van der Waals surface area contributed by atoms with Gasteiger partial charge in [0.2, 0.25) is 0 Å². The molecule has 1 unspecified atom stereocenters. The van der Waals surface area contributed by atoms with Crippen molar-refractivity contribution in [2.45, 2.75) is 39.7 Å². The number of piperidine rings is 1. The maximum absolute atomic E-state index is 6.27. The van der Waals surface area contributed by atoms with Crippen LogP contribution in [-0.2, 0) is 13.0 Å². The van der Waals surface area contributed by atoms with Gasteiger partial charge in [-0.25, -0.2) is 0 Å². The molecule has 0 bridgehead atoms. The van der Waals surface area contributed by atoms with Gasteiger partial charge in [0, 0.05) is 24.1 Å². The third kappa shape index (κ3) is 3.41. The first-order valence-corrected chi connectivity index (χ1v) is 8.37. The largest absolute Gasteiger partial charge is 0.493 e. The maximum atomic E-state index is 6.27. The van der Waals surface area contributed by atoms with E-state index in [1.807, 2.05) is 0 Å². The van der Waals surface area contributed by atoms with Crippen molar-refractivity contribution in [2.24, 2.45) is 5.41 Å². The smallest absolute Gasteiger partial charge is 0.124 e. The van der Waals surface area contributed by atoms with Crippen LogP contribution in [0.15, 0.2) is 18.2 Å². The van der Waals surface area contributed by atoms with Gasteiger partial charge in [-0.3, -0.25) is 0 Å². The van der Waals surface area contributed by atoms with E-state index in [0.29, 0.717) is 5.41 Å². The molecule has 21 heavy (non-hydrogen) atoms. The summed E-state index contributed by atoms with van der Waals surface area (Å²) < 4.78 is 6.27. The van der Waals surface area contributed by atoms with E-state index in [0.717, 1.165) is 45.0 Å². The van der Waals surface area contributed by atoms with Crippen molar-refractivity contribution in [3.63, 3.8) is 0 Å². The van der Waals surface area contributed by atoms with Gasteiger partial charge in [-0.15, -0.1) is 0 Å². The summed E-state index contributed by atoms with van der Waals surface area (Å²) in [7, 11) is 0. The molecule has 0 aliphatic carbocycles. The molecule has 1 fully saturated rings. The van der Waals surface area contributed by atoms with Crippen LogP contribution in [0.1, 0.15) is 37.8 Å². The lowest BCUT2D eigenvalue weighted by Crippen LogP contribution is -2.44. The zero-order chi connectivity index (χ0) is 14.7. The van der Waals surface area contributed by atoms with Crippen LogP contribution in [0.4, 0.5) is 0 Å². The second-order valence-electron chi connectivity index (χ2n) is 6.89. The van der Waals surface area contributed by atoms with Crippen molar-refractivity contribution in [3.8, 4) is 5.75 Å². The minimum Gasteiger partial charge on any atom is -0.493 e. The number of fused-ring (bicyclic) bond motifs is 1. The summed E-state index contributed by atoms with van der Waals surface area (Å²) in [5.41, 5.74) is 3.12. The van der Waals surface area contributed by atoms with Crippen molar-refractivity contribution in [3.05, 3.63) is 29.3 Å². The van der Waals surface area contributed by atoms with Gasteiger partial charge >= 0.3 is 0 Å². The van der Waals surface area contributed by atoms with E-state index in [2.05, 4.69) is 42.3 Å². The fourth-order valence-electron chi connectivity index (χ4n) is 3.68.